The lowest BCUT2D eigenvalue weighted by Gasteiger charge is -2.33. The van der Waals surface area contributed by atoms with Gasteiger partial charge in [-0.3, -0.25) is 15.1 Å². The first kappa shape index (κ1) is 24.4. The molecule has 3 N–H and O–H groups in total. The minimum Gasteiger partial charge on any atom is -0.366 e. The second kappa shape index (κ2) is 10.5. The first-order chi connectivity index (χ1) is 19.7. The van der Waals surface area contributed by atoms with E-state index in [0.717, 1.165) is 83.8 Å². The number of hydrogen-bond acceptors (Lipinski definition) is 8. The van der Waals surface area contributed by atoms with Gasteiger partial charge < -0.3 is 20.1 Å². The summed E-state index contributed by atoms with van der Waals surface area (Å²) in [5.41, 5.74) is 9.29. The summed E-state index contributed by atoms with van der Waals surface area (Å²) < 4.78 is 0. The third-order valence-corrected chi connectivity index (χ3v) is 7.44. The average molecular weight is 531 g/mol. The van der Waals surface area contributed by atoms with Gasteiger partial charge in [0, 0.05) is 57.2 Å². The SMILES string of the molecule is CN1CCN(c2cncc3[nH]c(-c4n[nH]c5ccc(-c6cncc(CNCc7ccccc7)c6)nc45)nc23)CC1. The van der Waals surface area contributed by atoms with Crippen molar-refractivity contribution >= 4 is 27.8 Å². The van der Waals surface area contributed by atoms with Crippen molar-refractivity contribution in [2.24, 2.45) is 0 Å². The summed E-state index contributed by atoms with van der Waals surface area (Å²) in [7, 11) is 2.15. The number of rotatable bonds is 7. The summed E-state index contributed by atoms with van der Waals surface area (Å²) in [6.07, 6.45) is 7.47. The highest BCUT2D eigenvalue weighted by Crippen LogP contribution is 2.31. The van der Waals surface area contributed by atoms with E-state index in [1.807, 2.05) is 43.0 Å². The third-order valence-electron chi connectivity index (χ3n) is 7.44. The van der Waals surface area contributed by atoms with Gasteiger partial charge in [-0.2, -0.15) is 5.10 Å². The van der Waals surface area contributed by atoms with Crippen LogP contribution in [0.3, 0.4) is 0 Å². The van der Waals surface area contributed by atoms with Gasteiger partial charge in [0.15, 0.2) is 11.5 Å². The quantitative estimate of drug-likeness (QED) is 0.284. The molecule has 7 rings (SSSR count). The zero-order chi connectivity index (χ0) is 26.9. The molecule has 10 heteroatoms. The van der Waals surface area contributed by atoms with E-state index in [-0.39, 0.29) is 0 Å². The molecule has 0 aliphatic carbocycles. The van der Waals surface area contributed by atoms with Crippen molar-refractivity contribution in [2.45, 2.75) is 13.1 Å². The maximum atomic E-state index is 5.00. The second-order valence-electron chi connectivity index (χ2n) is 10.3. The predicted molar refractivity (Wildman–Crippen MR) is 157 cm³/mol. The van der Waals surface area contributed by atoms with Crippen molar-refractivity contribution in [3.63, 3.8) is 0 Å². The Bertz CT molecular complexity index is 1770. The van der Waals surface area contributed by atoms with Gasteiger partial charge in [-0.15, -0.1) is 0 Å². The van der Waals surface area contributed by atoms with Gasteiger partial charge in [-0.1, -0.05) is 30.3 Å². The molecule has 10 nitrogen and oxygen atoms in total. The summed E-state index contributed by atoms with van der Waals surface area (Å²) >= 11 is 0. The van der Waals surface area contributed by atoms with Crippen molar-refractivity contribution in [3.8, 4) is 22.8 Å². The van der Waals surface area contributed by atoms with Crippen LogP contribution in [-0.2, 0) is 13.1 Å². The smallest absolute Gasteiger partial charge is 0.161 e. The molecule has 0 radical (unpaired) electrons. The van der Waals surface area contributed by atoms with E-state index in [4.69, 9.17) is 9.97 Å². The zero-order valence-electron chi connectivity index (χ0n) is 22.3. The van der Waals surface area contributed by atoms with Gasteiger partial charge in [0.05, 0.1) is 34.8 Å². The fourth-order valence-corrected chi connectivity index (χ4v) is 5.21. The molecule has 1 fully saturated rings. The number of aromatic nitrogens is 7. The maximum absolute atomic E-state index is 5.00. The molecule has 6 heterocycles. The van der Waals surface area contributed by atoms with Crippen molar-refractivity contribution in [2.75, 3.05) is 38.1 Å². The van der Waals surface area contributed by atoms with Crippen LogP contribution in [0.4, 0.5) is 5.69 Å². The van der Waals surface area contributed by atoms with Crippen LogP contribution in [0, 0.1) is 0 Å². The molecule has 0 bridgehead atoms. The Hall–Kier alpha value is -4.67. The number of fused-ring (bicyclic) bond motifs is 2. The lowest BCUT2D eigenvalue weighted by molar-refractivity contribution is 0.313. The Morgan fingerprint density at radius 2 is 1.62 bits per heavy atom. The van der Waals surface area contributed by atoms with Gasteiger partial charge >= 0.3 is 0 Å². The molecule has 0 saturated carbocycles. The van der Waals surface area contributed by atoms with Crippen LogP contribution in [0.1, 0.15) is 11.1 Å². The van der Waals surface area contributed by atoms with Crippen LogP contribution in [0.2, 0.25) is 0 Å². The first-order valence-electron chi connectivity index (χ1n) is 13.5. The molecule has 1 aromatic carbocycles. The maximum Gasteiger partial charge on any atom is 0.161 e. The Balaban J connectivity index is 1.17. The average Bonchev–Trinajstić information content (AvgIpc) is 3.62. The number of hydrogen-bond donors (Lipinski definition) is 3. The molecular formula is C30H30N10. The van der Waals surface area contributed by atoms with Crippen LogP contribution in [0.5, 0.6) is 0 Å². The molecule has 1 aliphatic rings. The van der Waals surface area contributed by atoms with Crippen molar-refractivity contribution in [1.29, 1.82) is 0 Å². The summed E-state index contributed by atoms with van der Waals surface area (Å²) in [5, 5.41) is 11.2. The van der Waals surface area contributed by atoms with Gasteiger partial charge in [-0.05, 0) is 36.4 Å². The monoisotopic (exact) mass is 530 g/mol. The lowest BCUT2D eigenvalue weighted by Crippen LogP contribution is -2.44. The number of likely N-dealkylation sites (N-methyl/N-ethyl adjacent to an activating group) is 1. The molecule has 0 atom stereocenters. The molecular weight excluding hydrogens is 500 g/mol. The molecule has 5 aromatic heterocycles. The molecule has 1 aliphatic heterocycles. The molecule has 0 amide bonds. The standard InChI is InChI=1S/C30H30N10/c1-39-9-11-40(12-10-39)26-19-33-18-25-27(26)36-30(35-25)29-28-24(37-38-29)8-7-23(34-28)22-13-21(16-32-17-22)15-31-14-20-5-3-2-4-6-20/h2-8,13,16-19,31H,9-12,14-15H2,1H3,(H,35,36)(H,37,38). The van der Waals surface area contributed by atoms with Crippen LogP contribution in [0.15, 0.2) is 73.3 Å². The fraction of sp³-hybridized carbons (Fsp3) is 0.233. The van der Waals surface area contributed by atoms with Crippen LogP contribution in [-0.4, -0.2) is 73.2 Å². The summed E-state index contributed by atoms with van der Waals surface area (Å²) in [4.78, 5) is 27.1. The summed E-state index contributed by atoms with van der Waals surface area (Å²) in [6.45, 7) is 5.46. The Morgan fingerprint density at radius 3 is 2.50 bits per heavy atom. The Kier molecular flexibility index (Phi) is 6.39. The minimum absolute atomic E-state index is 0.672. The number of nitrogens with one attached hydrogen (secondary N) is 3. The van der Waals surface area contributed by atoms with Crippen molar-refractivity contribution in [1.82, 2.24) is 45.3 Å². The van der Waals surface area contributed by atoms with E-state index in [9.17, 15) is 0 Å². The number of piperazine rings is 1. The molecule has 0 spiro atoms. The van der Waals surface area contributed by atoms with E-state index in [2.05, 4.69) is 77.6 Å². The largest absolute Gasteiger partial charge is 0.366 e. The number of nitrogens with zero attached hydrogens (tertiary/aromatic N) is 7. The van der Waals surface area contributed by atoms with Crippen molar-refractivity contribution < 1.29 is 0 Å². The highest BCUT2D eigenvalue weighted by Gasteiger charge is 2.21. The number of H-pyrrole nitrogens is 2. The normalized spacial score (nSPS) is 14.4. The van der Waals surface area contributed by atoms with E-state index in [1.54, 1.807) is 0 Å². The molecule has 1 saturated heterocycles. The van der Waals surface area contributed by atoms with Crippen LogP contribution < -0.4 is 10.2 Å². The van der Waals surface area contributed by atoms with Gasteiger partial charge in [-0.25, -0.2) is 9.97 Å². The fourth-order valence-electron chi connectivity index (χ4n) is 5.21. The number of pyridine rings is 3. The van der Waals surface area contributed by atoms with E-state index < -0.39 is 0 Å². The predicted octanol–water partition coefficient (Wildman–Crippen LogP) is 4.00. The van der Waals surface area contributed by atoms with Gasteiger partial charge in [0.25, 0.3) is 0 Å². The van der Waals surface area contributed by atoms with Crippen LogP contribution in [0.25, 0.3) is 44.8 Å². The molecule has 6 aromatic rings. The first-order valence-corrected chi connectivity index (χ1v) is 13.5. The third kappa shape index (κ3) is 4.78. The van der Waals surface area contributed by atoms with E-state index in [0.29, 0.717) is 11.5 Å². The molecule has 0 unspecified atom stereocenters. The Morgan fingerprint density at radius 1 is 0.800 bits per heavy atom. The van der Waals surface area contributed by atoms with Crippen molar-refractivity contribution in [3.05, 3.63) is 84.4 Å². The number of imidazole rings is 1. The molecule has 200 valence electrons. The number of aromatic amines is 2. The topological polar surface area (TPSA) is 115 Å². The highest BCUT2D eigenvalue weighted by atomic mass is 15.3. The van der Waals surface area contributed by atoms with E-state index in [1.165, 1.54) is 5.56 Å². The van der Waals surface area contributed by atoms with Crippen LogP contribution >= 0.6 is 0 Å². The minimum atomic E-state index is 0.672. The summed E-state index contributed by atoms with van der Waals surface area (Å²) in [5.74, 6) is 0.672. The number of anilines is 1. The van der Waals surface area contributed by atoms with E-state index >= 15 is 0 Å². The summed E-state index contributed by atoms with van der Waals surface area (Å²) in [6, 6.07) is 16.5. The zero-order valence-corrected chi connectivity index (χ0v) is 22.3. The molecule has 40 heavy (non-hydrogen) atoms. The lowest BCUT2D eigenvalue weighted by atomic mass is 10.1. The second-order valence-corrected chi connectivity index (χ2v) is 10.3. The highest BCUT2D eigenvalue weighted by molar-refractivity contribution is 5.94. The number of benzene rings is 1. The van der Waals surface area contributed by atoms with Gasteiger partial charge in [0.2, 0.25) is 0 Å². The van der Waals surface area contributed by atoms with Gasteiger partial charge in [0.1, 0.15) is 11.0 Å². The Labute approximate surface area is 231 Å².